The lowest BCUT2D eigenvalue weighted by molar-refractivity contribution is -0.140. The standard InChI is InChI=1S/C17H18ClNO3/c1-9(20)14-15-11-8-10(18)5-6-13(11)22-17(19-16(14)21)7-3-2-4-12(15)17/h5-6,8,12,15,20H,2-4,7H2,1H3,(H,19,21)/b14-9-/t12-,15+,17+/m0/s1. The molecule has 2 N–H and O–H groups in total. The van der Waals surface area contributed by atoms with Gasteiger partial charge in [-0.15, -0.1) is 0 Å². The normalized spacial score (nSPS) is 34.9. The maximum atomic E-state index is 12.6. The van der Waals surface area contributed by atoms with Crippen molar-refractivity contribution >= 4 is 17.5 Å². The summed E-state index contributed by atoms with van der Waals surface area (Å²) in [7, 11) is 0. The average molecular weight is 320 g/mol. The van der Waals surface area contributed by atoms with E-state index >= 15 is 0 Å². The van der Waals surface area contributed by atoms with Crippen LogP contribution in [0.25, 0.3) is 0 Å². The Balaban J connectivity index is 1.97. The molecule has 1 aromatic carbocycles. The first-order valence-corrected chi connectivity index (χ1v) is 8.10. The molecule has 4 rings (SSSR count). The molecular weight excluding hydrogens is 302 g/mol. The van der Waals surface area contributed by atoms with E-state index in [1.807, 2.05) is 12.1 Å². The summed E-state index contributed by atoms with van der Waals surface area (Å²) in [5, 5.41) is 13.7. The van der Waals surface area contributed by atoms with Gasteiger partial charge in [-0.1, -0.05) is 18.0 Å². The molecule has 1 saturated heterocycles. The summed E-state index contributed by atoms with van der Waals surface area (Å²) in [4.78, 5) is 12.6. The average Bonchev–Trinajstić information content (AvgIpc) is 2.46. The number of benzene rings is 1. The number of rotatable bonds is 0. The van der Waals surface area contributed by atoms with Gasteiger partial charge in [0.25, 0.3) is 5.91 Å². The number of nitrogens with one attached hydrogen (secondary N) is 1. The monoisotopic (exact) mass is 319 g/mol. The van der Waals surface area contributed by atoms with E-state index in [1.165, 1.54) is 0 Å². The van der Waals surface area contributed by atoms with Crippen molar-refractivity contribution < 1.29 is 14.6 Å². The van der Waals surface area contributed by atoms with E-state index in [1.54, 1.807) is 13.0 Å². The lowest BCUT2D eigenvalue weighted by Gasteiger charge is -2.54. The van der Waals surface area contributed by atoms with Gasteiger partial charge >= 0.3 is 0 Å². The second kappa shape index (κ2) is 4.66. The first kappa shape index (κ1) is 13.9. The van der Waals surface area contributed by atoms with Gasteiger partial charge in [0.15, 0.2) is 5.72 Å². The molecule has 1 aliphatic carbocycles. The first-order chi connectivity index (χ1) is 10.5. The van der Waals surface area contributed by atoms with Crippen LogP contribution >= 0.6 is 11.6 Å². The van der Waals surface area contributed by atoms with Gasteiger partial charge in [-0.25, -0.2) is 0 Å². The third kappa shape index (κ3) is 1.80. The molecule has 116 valence electrons. The number of allylic oxidation sites excluding steroid dienone is 1. The molecular formula is C17H18ClNO3. The van der Waals surface area contributed by atoms with E-state index in [4.69, 9.17) is 16.3 Å². The van der Waals surface area contributed by atoms with Gasteiger partial charge in [0.2, 0.25) is 0 Å². The Labute approximate surface area is 134 Å². The Bertz CT molecular complexity index is 695. The fourth-order valence-corrected chi connectivity index (χ4v) is 4.51. The Morgan fingerprint density at radius 1 is 1.45 bits per heavy atom. The summed E-state index contributed by atoms with van der Waals surface area (Å²) < 4.78 is 6.25. The summed E-state index contributed by atoms with van der Waals surface area (Å²) in [6, 6.07) is 5.52. The minimum Gasteiger partial charge on any atom is -0.512 e. The number of fused-ring (bicyclic) bond motifs is 2. The van der Waals surface area contributed by atoms with E-state index in [0.29, 0.717) is 10.6 Å². The first-order valence-electron chi connectivity index (χ1n) is 7.72. The van der Waals surface area contributed by atoms with Crippen molar-refractivity contribution in [3.05, 3.63) is 40.1 Å². The van der Waals surface area contributed by atoms with Gasteiger partial charge in [0.05, 0.1) is 11.3 Å². The van der Waals surface area contributed by atoms with E-state index < -0.39 is 5.72 Å². The lowest BCUT2D eigenvalue weighted by Crippen LogP contribution is -2.66. The molecule has 2 aliphatic heterocycles. The molecule has 0 unspecified atom stereocenters. The van der Waals surface area contributed by atoms with Crippen LogP contribution < -0.4 is 10.1 Å². The van der Waals surface area contributed by atoms with E-state index in [2.05, 4.69) is 5.32 Å². The van der Waals surface area contributed by atoms with Crippen molar-refractivity contribution in [1.29, 1.82) is 0 Å². The number of aliphatic hydroxyl groups is 1. The fourth-order valence-electron chi connectivity index (χ4n) is 4.33. The van der Waals surface area contributed by atoms with Crippen molar-refractivity contribution in [2.24, 2.45) is 5.92 Å². The molecule has 3 atom stereocenters. The van der Waals surface area contributed by atoms with Gasteiger partial charge in [-0.3, -0.25) is 4.79 Å². The molecule has 1 aromatic rings. The zero-order chi connectivity index (χ0) is 15.5. The number of carbonyl (C=O) groups is 1. The number of aliphatic hydroxyl groups excluding tert-OH is 1. The molecule has 3 aliphatic rings. The third-order valence-corrected chi connectivity index (χ3v) is 5.42. The van der Waals surface area contributed by atoms with Crippen LogP contribution in [-0.2, 0) is 4.79 Å². The quantitative estimate of drug-likeness (QED) is 0.566. The number of piperidine rings is 1. The van der Waals surface area contributed by atoms with E-state index in [0.717, 1.165) is 37.0 Å². The van der Waals surface area contributed by atoms with Gasteiger partial charge in [0, 0.05) is 28.8 Å². The van der Waals surface area contributed by atoms with Gasteiger partial charge in [-0.05, 0) is 38.0 Å². The number of carbonyl (C=O) groups excluding carboxylic acids is 1. The van der Waals surface area contributed by atoms with Crippen molar-refractivity contribution in [1.82, 2.24) is 5.32 Å². The molecule has 2 bridgehead atoms. The topological polar surface area (TPSA) is 58.6 Å². The SMILES string of the molecule is C/C(O)=C1/C(=O)N[C@@]23CCCC[C@H]2[C@H]1c1cc(Cl)ccc1O3. The van der Waals surface area contributed by atoms with Crippen LogP contribution in [0, 0.1) is 5.92 Å². The van der Waals surface area contributed by atoms with E-state index in [-0.39, 0.29) is 23.5 Å². The third-order valence-electron chi connectivity index (χ3n) is 5.18. The Morgan fingerprint density at radius 2 is 2.27 bits per heavy atom. The van der Waals surface area contributed by atoms with Crippen molar-refractivity contribution in [3.8, 4) is 5.75 Å². The highest BCUT2D eigenvalue weighted by atomic mass is 35.5. The van der Waals surface area contributed by atoms with Crippen LogP contribution in [0.4, 0.5) is 0 Å². The maximum absolute atomic E-state index is 12.6. The molecule has 0 spiro atoms. The lowest BCUT2D eigenvalue weighted by atomic mass is 9.64. The zero-order valence-electron chi connectivity index (χ0n) is 12.4. The zero-order valence-corrected chi connectivity index (χ0v) is 13.1. The minimum atomic E-state index is -0.639. The molecule has 22 heavy (non-hydrogen) atoms. The molecule has 2 heterocycles. The molecule has 1 saturated carbocycles. The van der Waals surface area contributed by atoms with Crippen LogP contribution in [-0.4, -0.2) is 16.7 Å². The molecule has 1 amide bonds. The minimum absolute atomic E-state index is 0.0782. The van der Waals surface area contributed by atoms with Crippen LogP contribution in [0.1, 0.15) is 44.1 Å². The Hall–Kier alpha value is -1.68. The predicted molar refractivity (Wildman–Crippen MR) is 83.0 cm³/mol. The number of hydrogen-bond acceptors (Lipinski definition) is 3. The molecule has 4 nitrogen and oxygen atoms in total. The number of ether oxygens (including phenoxy) is 1. The van der Waals surface area contributed by atoms with Gasteiger partial charge in [-0.2, -0.15) is 0 Å². The van der Waals surface area contributed by atoms with Crippen LogP contribution in [0.2, 0.25) is 5.02 Å². The smallest absolute Gasteiger partial charge is 0.254 e. The van der Waals surface area contributed by atoms with E-state index in [9.17, 15) is 9.90 Å². The second-order valence-corrected chi connectivity index (χ2v) is 6.89. The largest absolute Gasteiger partial charge is 0.512 e. The number of hydrogen-bond donors (Lipinski definition) is 2. The summed E-state index contributed by atoms with van der Waals surface area (Å²) in [5.74, 6) is 0.595. The fraction of sp³-hybridized carbons (Fsp3) is 0.471. The summed E-state index contributed by atoms with van der Waals surface area (Å²) in [5.41, 5.74) is 0.724. The molecule has 0 aromatic heterocycles. The highest BCUT2D eigenvalue weighted by molar-refractivity contribution is 6.30. The van der Waals surface area contributed by atoms with Crippen molar-refractivity contribution in [3.63, 3.8) is 0 Å². The summed E-state index contributed by atoms with van der Waals surface area (Å²) in [6.07, 6.45) is 3.91. The Morgan fingerprint density at radius 3 is 3.05 bits per heavy atom. The second-order valence-electron chi connectivity index (χ2n) is 6.46. The van der Waals surface area contributed by atoms with Crippen molar-refractivity contribution in [2.75, 3.05) is 0 Å². The number of halogens is 1. The molecule has 0 radical (unpaired) electrons. The summed E-state index contributed by atoms with van der Waals surface area (Å²) >= 11 is 6.16. The number of amides is 1. The maximum Gasteiger partial charge on any atom is 0.254 e. The van der Waals surface area contributed by atoms with Gasteiger partial charge < -0.3 is 15.2 Å². The highest BCUT2D eigenvalue weighted by Crippen LogP contribution is 2.56. The van der Waals surface area contributed by atoms with Gasteiger partial charge in [0.1, 0.15) is 5.75 Å². The van der Waals surface area contributed by atoms with Crippen LogP contribution in [0.5, 0.6) is 5.75 Å². The molecule has 5 heteroatoms. The summed E-state index contributed by atoms with van der Waals surface area (Å²) in [6.45, 7) is 1.57. The van der Waals surface area contributed by atoms with Crippen LogP contribution in [0.3, 0.4) is 0 Å². The van der Waals surface area contributed by atoms with Crippen molar-refractivity contribution in [2.45, 2.75) is 44.2 Å². The van der Waals surface area contributed by atoms with Crippen LogP contribution in [0.15, 0.2) is 29.5 Å². The predicted octanol–water partition coefficient (Wildman–Crippen LogP) is 3.66. The Kier molecular flexibility index (Phi) is 2.95. The molecule has 2 fully saturated rings. The highest BCUT2D eigenvalue weighted by Gasteiger charge is 2.57.